The van der Waals surface area contributed by atoms with Crippen LogP contribution in [0.3, 0.4) is 0 Å². The summed E-state index contributed by atoms with van der Waals surface area (Å²) in [6.45, 7) is 3.95. The van der Waals surface area contributed by atoms with E-state index in [9.17, 15) is 18.7 Å². The van der Waals surface area contributed by atoms with Crippen molar-refractivity contribution in [1.82, 2.24) is 4.90 Å². The number of rotatable bonds is 14. The minimum atomic E-state index is -2.87. The summed E-state index contributed by atoms with van der Waals surface area (Å²) in [5, 5.41) is 9.37. The lowest BCUT2D eigenvalue weighted by Crippen LogP contribution is -2.43. The number of carbonyl (C=O) groups is 1. The molecular weight excluding hydrogens is 324 g/mol. The third kappa shape index (κ3) is 8.48. The first-order valence-corrected chi connectivity index (χ1v) is 10.3. The summed E-state index contributed by atoms with van der Waals surface area (Å²) in [6, 6.07) is -1.04. The molecule has 1 heterocycles. The lowest BCUT2D eigenvalue weighted by molar-refractivity contribution is -0.143. The summed E-state index contributed by atoms with van der Waals surface area (Å²) in [5.41, 5.74) is 0. The first-order chi connectivity index (χ1) is 11.9. The molecule has 1 atom stereocenters. The van der Waals surface area contributed by atoms with Gasteiger partial charge in [0, 0.05) is 12.5 Å². The number of aliphatic carboxylic acids is 1. The Morgan fingerprint density at radius 2 is 1.48 bits per heavy atom. The van der Waals surface area contributed by atoms with E-state index in [4.69, 9.17) is 0 Å². The van der Waals surface area contributed by atoms with E-state index in [0.717, 1.165) is 38.5 Å². The van der Waals surface area contributed by atoms with Crippen molar-refractivity contribution < 1.29 is 18.7 Å². The summed E-state index contributed by atoms with van der Waals surface area (Å²) in [5.74, 6) is -3.97. The molecule has 0 radical (unpaired) electrons. The van der Waals surface area contributed by atoms with Crippen LogP contribution in [-0.2, 0) is 4.79 Å². The second-order valence-corrected chi connectivity index (χ2v) is 7.65. The fraction of sp³-hybridized carbons (Fsp3) is 0.950. The van der Waals surface area contributed by atoms with Crippen LogP contribution in [0.25, 0.3) is 0 Å². The molecule has 0 amide bonds. The Kier molecular flexibility index (Phi) is 10.6. The van der Waals surface area contributed by atoms with Crippen molar-refractivity contribution in [2.24, 2.45) is 0 Å². The van der Waals surface area contributed by atoms with Crippen molar-refractivity contribution in [3.8, 4) is 0 Å². The van der Waals surface area contributed by atoms with E-state index in [-0.39, 0.29) is 6.04 Å². The fourth-order valence-electron chi connectivity index (χ4n) is 3.90. The Balaban J connectivity index is 2.59. The van der Waals surface area contributed by atoms with Gasteiger partial charge in [0.15, 0.2) is 0 Å². The fourth-order valence-corrected chi connectivity index (χ4v) is 3.90. The number of alkyl halides is 2. The van der Waals surface area contributed by atoms with E-state index >= 15 is 0 Å². The molecule has 1 rings (SSSR count). The molecule has 148 valence electrons. The molecule has 1 aliphatic rings. The molecule has 0 bridgehead atoms. The lowest BCUT2D eigenvalue weighted by Gasteiger charge is -2.31. The number of halogens is 2. The van der Waals surface area contributed by atoms with Gasteiger partial charge in [-0.25, -0.2) is 8.78 Å². The number of hydrogen-bond donors (Lipinski definition) is 1. The van der Waals surface area contributed by atoms with Crippen molar-refractivity contribution in [1.29, 1.82) is 0 Å². The van der Waals surface area contributed by atoms with Crippen molar-refractivity contribution in [3.05, 3.63) is 0 Å². The van der Waals surface area contributed by atoms with Crippen LogP contribution in [0.5, 0.6) is 0 Å². The number of nitrogens with zero attached hydrogens (tertiary/aromatic N) is 1. The van der Waals surface area contributed by atoms with E-state index in [2.05, 4.69) is 13.8 Å². The third-order valence-electron chi connectivity index (χ3n) is 5.34. The molecule has 25 heavy (non-hydrogen) atoms. The monoisotopic (exact) mass is 361 g/mol. The zero-order valence-corrected chi connectivity index (χ0v) is 16.1. The molecule has 0 aromatic heterocycles. The number of carboxylic acids is 1. The molecule has 5 heteroatoms. The molecule has 0 aliphatic carbocycles. The maximum Gasteiger partial charge on any atom is 0.321 e. The van der Waals surface area contributed by atoms with Crippen molar-refractivity contribution in [3.63, 3.8) is 0 Å². The summed E-state index contributed by atoms with van der Waals surface area (Å²) in [7, 11) is 0. The van der Waals surface area contributed by atoms with Gasteiger partial charge in [0.25, 0.3) is 5.92 Å². The van der Waals surface area contributed by atoms with Crippen LogP contribution in [0.2, 0.25) is 0 Å². The number of hydrogen-bond acceptors (Lipinski definition) is 2. The highest BCUT2D eigenvalue weighted by Crippen LogP contribution is 2.35. The van der Waals surface area contributed by atoms with Crippen LogP contribution in [0.1, 0.15) is 97.3 Å². The molecule has 1 saturated heterocycles. The minimum absolute atomic E-state index is 0.0160. The SMILES string of the molecule is CCCCCCCC(CCCCCCC)N1CC(F)(F)C[C@H]1C(=O)O. The average Bonchev–Trinajstić information content (AvgIpc) is 2.88. The van der Waals surface area contributed by atoms with Crippen LogP contribution < -0.4 is 0 Å². The Labute approximate surface area is 152 Å². The summed E-state index contributed by atoms with van der Waals surface area (Å²) in [6.07, 6.45) is 12.5. The maximum absolute atomic E-state index is 13.8. The van der Waals surface area contributed by atoms with E-state index < -0.39 is 30.9 Å². The number of carboxylic acid groups (broad SMARTS) is 1. The minimum Gasteiger partial charge on any atom is -0.480 e. The summed E-state index contributed by atoms with van der Waals surface area (Å²) in [4.78, 5) is 13.1. The average molecular weight is 362 g/mol. The normalized spacial score (nSPS) is 20.4. The quantitative estimate of drug-likeness (QED) is 0.393. The van der Waals surface area contributed by atoms with Gasteiger partial charge >= 0.3 is 5.97 Å². The second-order valence-electron chi connectivity index (χ2n) is 7.65. The van der Waals surface area contributed by atoms with Gasteiger partial charge in [-0.05, 0) is 12.8 Å². The molecule has 3 nitrogen and oxygen atoms in total. The van der Waals surface area contributed by atoms with Gasteiger partial charge in [-0.1, -0.05) is 78.1 Å². The van der Waals surface area contributed by atoms with Gasteiger partial charge in [0.05, 0.1) is 6.54 Å². The topological polar surface area (TPSA) is 40.5 Å². The molecule has 1 aliphatic heterocycles. The zero-order valence-electron chi connectivity index (χ0n) is 16.1. The van der Waals surface area contributed by atoms with Gasteiger partial charge in [-0.15, -0.1) is 0 Å². The molecule has 0 aromatic rings. The van der Waals surface area contributed by atoms with Crippen LogP contribution >= 0.6 is 0 Å². The van der Waals surface area contributed by atoms with Crippen LogP contribution in [-0.4, -0.2) is 40.5 Å². The molecular formula is C20H37F2NO2. The lowest BCUT2D eigenvalue weighted by atomic mass is 9.98. The molecule has 0 aromatic carbocycles. The van der Waals surface area contributed by atoms with E-state index in [1.54, 1.807) is 4.90 Å². The zero-order chi connectivity index (χ0) is 18.7. The molecule has 0 spiro atoms. The maximum atomic E-state index is 13.8. The third-order valence-corrected chi connectivity index (χ3v) is 5.34. The highest BCUT2D eigenvalue weighted by Gasteiger charge is 2.49. The van der Waals surface area contributed by atoms with Gasteiger partial charge in [0.1, 0.15) is 6.04 Å². The molecule has 0 saturated carbocycles. The Hall–Kier alpha value is -0.710. The first kappa shape index (κ1) is 22.3. The van der Waals surface area contributed by atoms with E-state index in [0.29, 0.717) is 0 Å². The first-order valence-electron chi connectivity index (χ1n) is 10.3. The molecule has 1 fully saturated rings. The predicted octanol–water partition coefficient (Wildman–Crippen LogP) is 5.87. The van der Waals surface area contributed by atoms with Crippen LogP contribution in [0.4, 0.5) is 8.78 Å². The predicted molar refractivity (Wildman–Crippen MR) is 98.2 cm³/mol. The van der Waals surface area contributed by atoms with Gasteiger partial charge in [-0.2, -0.15) is 0 Å². The van der Waals surface area contributed by atoms with E-state index in [1.165, 1.54) is 38.5 Å². The largest absolute Gasteiger partial charge is 0.480 e. The summed E-state index contributed by atoms with van der Waals surface area (Å²) < 4.78 is 27.7. The van der Waals surface area contributed by atoms with Crippen molar-refractivity contribution in [2.75, 3.05) is 6.54 Å². The van der Waals surface area contributed by atoms with E-state index in [1.807, 2.05) is 0 Å². The van der Waals surface area contributed by atoms with Crippen LogP contribution in [0, 0.1) is 0 Å². The van der Waals surface area contributed by atoms with Gasteiger partial charge < -0.3 is 5.11 Å². The molecule has 0 unspecified atom stereocenters. The van der Waals surface area contributed by atoms with Crippen LogP contribution in [0.15, 0.2) is 0 Å². The number of likely N-dealkylation sites (tertiary alicyclic amines) is 1. The second kappa shape index (κ2) is 11.8. The van der Waals surface area contributed by atoms with Crippen molar-refractivity contribution in [2.45, 2.75) is 115 Å². The smallest absolute Gasteiger partial charge is 0.321 e. The molecule has 1 N–H and O–H groups in total. The number of unbranched alkanes of at least 4 members (excludes halogenated alkanes) is 8. The Bertz CT molecular complexity index is 363. The highest BCUT2D eigenvalue weighted by molar-refractivity contribution is 5.74. The van der Waals surface area contributed by atoms with Crippen molar-refractivity contribution >= 4 is 5.97 Å². The Morgan fingerprint density at radius 1 is 1.00 bits per heavy atom. The highest BCUT2D eigenvalue weighted by atomic mass is 19.3. The Morgan fingerprint density at radius 3 is 1.92 bits per heavy atom. The van der Waals surface area contributed by atoms with Gasteiger partial charge in [-0.3, -0.25) is 9.69 Å². The standard InChI is InChI=1S/C20H37F2NO2/c1-3-5-7-9-11-13-17(14-12-10-8-6-4-2)23-16-20(21,22)15-18(23)19(24)25/h17-18H,3-16H2,1-2H3,(H,24,25)/t18-/m0/s1. The van der Waals surface area contributed by atoms with Gasteiger partial charge in [0.2, 0.25) is 0 Å². The summed E-state index contributed by atoms with van der Waals surface area (Å²) >= 11 is 0.